The number of hydrogen-bond acceptors (Lipinski definition) is 6. The topological polar surface area (TPSA) is 59.5 Å². The Bertz CT molecular complexity index is 979. The number of nitrogens with zero attached hydrogens (tertiary/aromatic N) is 3. The summed E-state index contributed by atoms with van der Waals surface area (Å²) in [5, 5.41) is 3.18. The van der Waals surface area contributed by atoms with Crippen LogP contribution in [0.2, 0.25) is 0 Å². The van der Waals surface area contributed by atoms with E-state index in [0.717, 1.165) is 30.2 Å². The molecular weight excluding hydrogens is 359 g/mol. The Labute approximate surface area is 163 Å². The molecule has 0 unspecified atom stereocenters. The second-order valence-electron chi connectivity index (χ2n) is 6.52. The van der Waals surface area contributed by atoms with Crippen LogP contribution in [0, 0.1) is 5.82 Å². The number of halogens is 1. The number of aromatic nitrogens is 2. The molecule has 3 aromatic rings. The lowest BCUT2D eigenvalue weighted by Crippen LogP contribution is -2.31. The summed E-state index contributed by atoms with van der Waals surface area (Å²) in [6.07, 6.45) is 2.59. The first-order valence-electron chi connectivity index (χ1n) is 9.00. The van der Waals surface area contributed by atoms with Crippen LogP contribution in [0.3, 0.4) is 0 Å². The van der Waals surface area contributed by atoms with Crippen molar-refractivity contribution in [3.05, 3.63) is 65.6 Å². The van der Waals surface area contributed by atoms with E-state index < -0.39 is 0 Å². The van der Waals surface area contributed by atoms with Gasteiger partial charge in [0.25, 0.3) is 0 Å². The summed E-state index contributed by atoms with van der Waals surface area (Å²) in [7, 11) is 3.28. The summed E-state index contributed by atoms with van der Waals surface area (Å²) >= 11 is 0. The molecular formula is C21H21FN4O2. The summed E-state index contributed by atoms with van der Waals surface area (Å²) in [5.74, 6) is 2.50. The van der Waals surface area contributed by atoms with Gasteiger partial charge in [-0.15, -0.1) is 0 Å². The van der Waals surface area contributed by atoms with Crippen molar-refractivity contribution < 1.29 is 13.9 Å². The van der Waals surface area contributed by atoms with Gasteiger partial charge in [-0.25, -0.2) is 9.37 Å². The van der Waals surface area contributed by atoms with Gasteiger partial charge in [0.05, 0.1) is 14.2 Å². The third kappa shape index (κ3) is 3.69. The SMILES string of the molecule is COc1cc2c(cc1OC)CN(c1nccc(Nc3ccc(F)cc3)n1)CC2. The maximum atomic E-state index is 13.1. The molecule has 1 N–H and O–H groups in total. The van der Waals surface area contributed by atoms with Crippen molar-refractivity contribution in [3.63, 3.8) is 0 Å². The lowest BCUT2D eigenvalue weighted by molar-refractivity contribution is 0.353. The van der Waals surface area contributed by atoms with E-state index in [9.17, 15) is 4.39 Å². The molecule has 7 heteroatoms. The average Bonchev–Trinajstić information content (AvgIpc) is 2.74. The van der Waals surface area contributed by atoms with Crippen molar-refractivity contribution >= 4 is 17.5 Å². The van der Waals surface area contributed by atoms with E-state index in [1.807, 2.05) is 12.1 Å². The molecule has 2 aromatic carbocycles. The molecule has 2 heterocycles. The Kier molecular flexibility index (Phi) is 4.97. The normalized spacial score (nSPS) is 13.0. The van der Waals surface area contributed by atoms with Crippen LogP contribution in [0.25, 0.3) is 0 Å². The lowest BCUT2D eigenvalue weighted by Gasteiger charge is -2.29. The monoisotopic (exact) mass is 380 g/mol. The second kappa shape index (κ2) is 7.72. The Morgan fingerprint density at radius 2 is 1.71 bits per heavy atom. The molecule has 0 radical (unpaired) electrons. The Hall–Kier alpha value is -3.35. The maximum absolute atomic E-state index is 13.1. The van der Waals surface area contributed by atoms with E-state index in [-0.39, 0.29) is 5.82 Å². The standard InChI is InChI=1S/C21H21FN4O2/c1-27-18-11-14-8-10-26(13-15(14)12-19(18)28-2)21-23-9-7-20(25-21)24-17-5-3-16(22)4-6-17/h3-7,9,11-12H,8,10,13H2,1-2H3,(H,23,24,25). The van der Waals surface area contributed by atoms with Crippen molar-refractivity contribution in [3.8, 4) is 11.5 Å². The van der Waals surface area contributed by atoms with Crippen molar-refractivity contribution in [2.45, 2.75) is 13.0 Å². The highest BCUT2D eigenvalue weighted by molar-refractivity contribution is 5.57. The number of anilines is 3. The zero-order chi connectivity index (χ0) is 19.5. The first kappa shape index (κ1) is 18.0. The molecule has 144 valence electrons. The van der Waals surface area contributed by atoms with Gasteiger partial charge in [-0.3, -0.25) is 0 Å². The molecule has 1 aliphatic heterocycles. The molecule has 1 aromatic heterocycles. The van der Waals surface area contributed by atoms with E-state index in [2.05, 4.69) is 20.2 Å². The van der Waals surface area contributed by atoms with Gasteiger partial charge in [0, 0.05) is 25.0 Å². The Morgan fingerprint density at radius 1 is 1.00 bits per heavy atom. The number of methoxy groups -OCH3 is 2. The van der Waals surface area contributed by atoms with Crippen molar-refractivity contribution in [2.75, 3.05) is 31.0 Å². The molecule has 0 bridgehead atoms. The minimum atomic E-state index is -0.270. The number of benzene rings is 2. The number of rotatable bonds is 5. The smallest absolute Gasteiger partial charge is 0.227 e. The summed E-state index contributed by atoms with van der Waals surface area (Å²) < 4.78 is 23.9. The number of ether oxygens (including phenoxy) is 2. The van der Waals surface area contributed by atoms with E-state index in [0.29, 0.717) is 18.3 Å². The minimum Gasteiger partial charge on any atom is -0.493 e. The third-order valence-corrected chi connectivity index (χ3v) is 4.76. The third-order valence-electron chi connectivity index (χ3n) is 4.76. The summed E-state index contributed by atoms with van der Waals surface area (Å²) in [4.78, 5) is 11.2. The van der Waals surface area contributed by atoms with Crippen LogP contribution in [0.4, 0.5) is 21.8 Å². The zero-order valence-electron chi connectivity index (χ0n) is 15.8. The minimum absolute atomic E-state index is 0.270. The van der Waals surface area contributed by atoms with Gasteiger partial charge in [0.15, 0.2) is 11.5 Å². The molecule has 0 atom stereocenters. The molecule has 0 saturated heterocycles. The molecule has 0 fully saturated rings. The molecule has 0 aliphatic carbocycles. The van der Waals surface area contributed by atoms with E-state index in [1.54, 1.807) is 38.6 Å². The van der Waals surface area contributed by atoms with Crippen LogP contribution in [0.5, 0.6) is 11.5 Å². The fourth-order valence-electron chi connectivity index (χ4n) is 3.31. The van der Waals surface area contributed by atoms with Gasteiger partial charge in [0.2, 0.25) is 5.95 Å². The van der Waals surface area contributed by atoms with Crippen molar-refractivity contribution in [1.82, 2.24) is 9.97 Å². The molecule has 0 saturated carbocycles. The summed E-state index contributed by atoms with van der Waals surface area (Å²) in [6, 6.07) is 12.0. The van der Waals surface area contributed by atoms with Gasteiger partial charge in [-0.2, -0.15) is 4.98 Å². The quantitative estimate of drug-likeness (QED) is 0.724. The van der Waals surface area contributed by atoms with Gasteiger partial charge in [0.1, 0.15) is 11.6 Å². The molecule has 4 rings (SSSR count). The largest absolute Gasteiger partial charge is 0.493 e. The van der Waals surface area contributed by atoms with E-state index in [1.165, 1.54) is 23.3 Å². The summed E-state index contributed by atoms with van der Waals surface area (Å²) in [6.45, 7) is 1.50. The van der Waals surface area contributed by atoms with Gasteiger partial charge in [-0.05, 0) is 60.0 Å². The fourth-order valence-corrected chi connectivity index (χ4v) is 3.31. The first-order chi connectivity index (χ1) is 13.7. The van der Waals surface area contributed by atoms with Crippen LogP contribution in [0.15, 0.2) is 48.7 Å². The molecule has 1 aliphatic rings. The Balaban J connectivity index is 1.55. The maximum Gasteiger partial charge on any atom is 0.227 e. The predicted molar refractivity (Wildman–Crippen MR) is 106 cm³/mol. The molecule has 0 spiro atoms. The fraction of sp³-hybridized carbons (Fsp3) is 0.238. The van der Waals surface area contributed by atoms with Crippen LogP contribution < -0.4 is 19.7 Å². The van der Waals surface area contributed by atoms with Gasteiger partial charge < -0.3 is 19.7 Å². The Morgan fingerprint density at radius 3 is 2.43 bits per heavy atom. The van der Waals surface area contributed by atoms with Gasteiger partial charge >= 0.3 is 0 Å². The average molecular weight is 380 g/mol. The van der Waals surface area contributed by atoms with E-state index >= 15 is 0 Å². The van der Waals surface area contributed by atoms with Crippen LogP contribution >= 0.6 is 0 Å². The van der Waals surface area contributed by atoms with Crippen LogP contribution in [-0.2, 0) is 13.0 Å². The second-order valence-corrected chi connectivity index (χ2v) is 6.52. The highest BCUT2D eigenvalue weighted by Gasteiger charge is 2.21. The highest BCUT2D eigenvalue weighted by atomic mass is 19.1. The van der Waals surface area contributed by atoms with Crippen molar-refractivity contribution in [2.24, 2.45) is 0 Å². The number of hydrogen-bond donors (Lipinski definition) is 1. The highest BCUT2D eigenvalue weighted by Crippen LogP contribution is 2.34. The number of fused-ring (bicyclic) bond motifs is 1. The van der Waals surface area contributed by atoms with Crippen LogP contribution in [0.1, 0.15) is 11.1 Å². The first-order valence-corrected chi connectivity index (χ1v) is 9.00. The van der Waals surface area contributed by atoms with Crippen molar-refractivity contribution in [1.29, 1.82) is 0 Å². The van der Waals surface area contributed by atoms with E-state index in [4.69, 9.17) is 9.47 Å². The lowest BCUT2D eigenvalue weighted by atomic mass is 9.99. The molecule has 0 amide bonds. The summed E-state index contributed by atoms with van der Waals surface area (Å²) in [5.41, 5.74) is 3.19. The van der Waals surface area contributed by atoms with Crippen LogP contribution in [-0.4, -0.2) is 30.7 Å². The number of nitrogens with one attached hydrogen (secondary N) is 1. The zero-order valence-corrected chi connectivity index (χ0v) is 15.8. The molecule has 28 heavy (non-hydrogen) atoms. The van der Waals surface area contributed by atoms with Gasteiger partial charge in [-0.1, -0.05) is 0 Å². The molecule has 6 nitrogen and oxygen atoms in total. The predicted octanol–water partition coefficient (Wildman–Crippen LogP) is 3.94.